The molecule has 11 rings (SSSR count). The summed E-state index contributed by atoms with van der Waals surface area (Å²) in [5.74, 6) is 0. The minimum absolute atomic E-state index is 1.18. The molecule has 2 heteroatoms. The van der Waals surface area contributed by atoms with Gasteiger partial charge >= 0.3 is 0 Å². The zero-order valence-electron chi connectivity index (χ0n) is 41.1. The molecule has 11 aromatic rings. The van der Waals surface area contributed by atoms with Crippen molar-refractivity contribution in [1.82, 2.24) is 0 Å². The van der Waals surface area contributed by atoms with Crippen LogP contribution in [0.4, 0.5) is 0 Å². The fraction of sp³-hybridized carbons (Fsp3) is 0.0882. The van der Waals surface area contributed by atoms with Crippen LogP contribution >= 0.6 is 0 Å². The van der Waals surface area contributed by atoms with Gasteiger partial charge in [-0.3, -0.25) is 0 Å². The fourth-order valence-electron chi connectivity index (χ4n) is 10.5. The molecule has 0 aromatic heterocycles. The Morgan fingerprint density at radius 1 is 0.286 bits per heavy atom. The fourth-order valence-corrected chi connectivity index (χ4v) is 12.8. The molecule has 0 bridgehead atoms. The van der Waals surface area contributed by atoms with Crippen molar-refractivity contribution in [3.05, 3.63) is 264 Å². The van der Waals surface area contributed by atoms with Gasteiger partial charge in [0.25, 0.3) is 0 Å². The van der Waals surface area contributed by atoms with E-state index in [9.17, 15) is 0 Å². The van der Waals surface area contributed by atoms with Crippen LogP contribution in [0.2, 0.25) is 39.3 Å². The summed E-state index contributed by atoms with van der Waals surface area (Å²) in [7, 11) is -3.56. The van der Waals surface area contributed by atoms with Crippen molar-refractivity contribution in [2.75, 3.05) is 0 Å². The van der Waals surface area contributed by atoms with E-state index in [0.29, 0.717) is 0 Å². The number of fused-ring (bicyclic) bond motifs is 4. The molecule has 0 aliphatic carbocycles. The lowest BCUT2D eigenvalue weighted by Crippen LogP contribution is -2.37. The number of benzene rings is 11. The van der Waals surface area contributed by atoms with Gasteiger partial charge in [0.15, 0.2) is 0 Å². The minimum Gasteiger partial charge on any atom is -0.0656 e. The van der Waals surface area contributed by atoms with E-state index in [1.807, 2.05) is 0 Å². The highest BCUT2D eigenvalue weighted by Gasteiger charge is 2.26. The number of hydrogen-bond donors (Lipinski definition) is 0. The predicted octanol–water partition coefficient (Wildman–Crippen LogP) is 17.9. The summed E-state index contributed by atoms with van der Waals surface area (Å²) in [6.07, 6.45) is 4.81. The summed E-state index contributed by atoms with van der Waals surface area (Å²) in [6, 6.07) is 86.2. The Balaban J connectivity index is 1.27. The maximum atomic E-state index is 2.58. The average Bonchev–Trinajstić information content (AvgIpc) is 3.38. The summed E-state index contributed by atoms with van der Waals surface area (Å²) in [5.41, 5.74) is 14.7. The van der Waals surface area contributed by atoms with Gasteiger partial charge in [0.2, 0.25) is 0 Å². The van der Waals surface area contributed by atoms with E-state index >= 15 is 0 Å². The van der Waals surface area contributed by atoms with E-state index in [4.69, 9.17) is 0 Å². The van der Waals surface area contributed by atoms with Crippen LogP contribution in [-0.4, -0.2) is 16.1 Å². The highest BCUT2D eigenvalue weighted by Crippen LogP contribution is 2.48. The lowest BCUT2D eigenvalue weighted by molar-refractivity contribution is 1.55. The topological polar surface area (TPSA) is 0 Å². The van der Waals surface area contributed by atoms with Gasteiger partial charge in [-0.05, 0) is 146 Å². The van der Waals surface area contributed by atoms with Crippen LogP contribution in [0.1, 0.15) is 33.4 Å². The standard InChI is InChI=1S/C68H58Si2/c1-69(2,3)55-35-37-59-65(45-55)67(63-43-47(39-53-31-19-21-33-57(53)63)41-61(49-23-11-7-12-24-49)50-25-13-8-14-26-50)60-38-36-56(70(4,5)6)46-66(60)68(59)64-44-48(40-54-32-20-22-34-58(54)64)42-62(51-27-15-9-16-28-51)52-29-17-10-18-30-52/h7-46H,1-6H3. The summed E-state index contributed by atoms with van der Waals surface area (Å²) < 4.78 is 0. The molecule has 0 aliphatic heterocycles. The van der Waals surface area contributed by atoms with Crippen LogP contribution in [0.25, 0.3) is 88.6 Å². The Bertz CT molecular complexity index is 3460. The zero-order chi connectivity index (χ0) is 48.0. The molecule has 0 unspecified atom stereocenters. The molecular weight excluding hydrogens is 873 g/mol. The molecule has 0 fully saturated rings. The third kappa shape index (κ3) is 8.70. The maximum Gasteiger partial charge on any atom is 0.0776 e. The Kier molecular flexibility index (Phi) is 11.8. The molecule has 0 saturated heterocycles. The summed E-state index contributed by atoms with van der Waals surface area (Å²) >= 11 is 0. The van der Waals surface area contributed by atoms with Crippen LogP contribution in [0.5, 0.6) is 0 Å². The Morgan fingerprint density at radius 2 is 0.600 bits per heavy atom. The highest BCUT2D eigenvalue weighted by atomic mass is 28.3. The van der Waals surface area contributed by atoms with Crippen molar-refractivity contribution >= 4 is 92.9 Å². The van der Waals surface area contributed by atoms with Crippen LogP contribution in [0.3, 0.4) is 0 Å². The van der Waals surface area contributed by atoms with Crippen molar-refractivity contribution in [1.29, 1.82) is 0 Å². The van der Waals surface area contributed by atoms with Crippen molar-refractivity contribution in [2.24, 2.45) is 0 Å². The number of rotatable bonds is 10. The molecule has 0 saturated carbocycles. The highest BCUT2D eigenvalue weighted by molar-refractivity contribution is 6.89. The van der Waals surface area contributed by atoms with Gasteiger partial charge in [0, 0.05) is 0 Å². The lowest BCUT2D eigenvalue weighted by Gasteiger charge is -2.25. The second-order valence-corrected chi connectivity index (χ2v) is 31.1. The SMILES string of the molecule is C[Si](C)(C)c1ccc2c(-c3cc(C=C(c4ccccc4)c4ccccc4)cc4ccccc34)c3cc([Si](C)(C)C)ccc3c(-c3cc(C=C(c4ccccc4)c4ccccc4)cc4ccccc34)c2c1. The smallest absolute Gasteiger partial charge is 0.0656 e. The van der Waals surface area contributed by atoms with Gasteiger partial charge in [-0.2, -0.15) is 0 Å². The van der Waals surface area contributed by atoms with Crippen LogP contribution in [0, 0.1) is 0 Å². The van der Waals surface area contributed by atoms with Crippen molar-refractivity contribution < 1.29 is 0 Å². The van der Waals surface area contributed by atoms with E-state index in [1.54, 1.807) is 0 Å². The first-order valence-corrected chi connectivity index (χ1v) is 31.7. The largest absolute Gasteiger partial charge is 0.0776 e. The van der Waals surface area contributed by atoms with Crippen molar-refractivity contribution in [3.63, 3.8) is 0 Å². The molecule has 0 spiro atoms. The minimum atomic E-state index is -1.78. The van der Waals surface area contributed by atoms with E-state index in [-0.39, 0.29) is 0 Å². The summed E-state index contributed by atoms with van der Waals surface area (Å²) in [4.78, 5) is 0. The van der Waals surface area contributed by atoms with Crippen molar-refractivity contribution in [3.8, 4) is 22.3 Å². The molecule has 0 N–H and O–H groups in total. The van der Waals surface area contributed by atoms with Crippen molar-refractivity contribution in [2.45, 2.75) is 39.3 Å². The van der Waals surface area contributed by atoms with Gasteiger partial charge in [-0.15, -0.1) is 0 Å². The first kappa shape index (κ1) is 44.9. The quantitative estimate of drug-likeness (QED) is 0.0728. The summed E-state index contributed by atoms with van der Waals surface area (Å²) in [5, 5.41) is 13.1. The molecule has 0 radical (unpaired) electrons. The predicted molar refractivity (Wildman–Crippen MR) is 313 cm³/mol. The molecule has 0 heterocycles. The molecule has 70 heavy (non-hydrogen) atoms. The Morgan fingerprint density at radius 3 is 0.929 bits per heavy atom. The third-order valence-electron chi connectivity index (χ3n) is 14.1. The molecule has 0 nitrogen and oxygen atoms in total. The monoisotopic (exact) mass is 930 g/mol. The molecule has 0 aliphatic rings. The van der Waals surface area contributed by atoms with Gasteiger partial charge in [0.05, 0.1) is 16.1 Å². The molecule has 11 aromatic carbocycles. The Labute approximate surface area is 416 Å². The van der Waals surface area contributed by atoms with E-state index < -0.39 is 16.1 Å². The first-order valence-electron chi connectivity index (χ1n) is 24.7. The number of hydrogen-bond acceptors (Lipinski definition) is 0. The zero-order valence-corrected chi connectivity index (χ0v) is 43.1. The third-order valence-corrected chi connectivity index (χ3v) is 18.2. The van der Waals surface area contributed by atoms with E-state index in [2.05, 4.69) is 282 Å². The normalized spacial score (nSPS) is 11.9. The molecule has 338 valence electrons. The van der Waals surface area contributed by atoms with Crippen LogP contribution < -0.4 is 10.4 Å². The van der Waals surface area contributed by atoms with Crippen LogP contribution in [0.15, 0.2) is 231 Å². The maximum absolute atomic E-state index is 2.58. The van der Waals surface area contributed by atoms with E-state index in [0.717, 1.165) is 0 Å². The first-order chi connectivity index (χ1) is 34.0. The molecule has 0 atom stereocenters. The van der Waals surface area contributed by atoms with E-state index in [1.165, 1.54) is 120 Å². The van der Waals surface area contributed by atoms with Gasteiger partial charge < -0.3 is 0 Å². The average molecular weight is 931 g/mol. The second kappa shape index (κ2) is 18.4. The lowest BCUT2D eigenvalue weighted by atomic mass is 9.82. The van der Waals surface area contributed by atoms with Gasteiger partial charge in [0.1, 0.15) is 0 Å². The second-order valence-electron chi connectivity index (χ2n) is 20.9. The molecule has 0 amide bonds. The Hall–Kier alpha value is -7.63. The van der Waals surface area contributed by atoms with Crippen LogP contribution in [-0.2, 0) is 0 Å². The van der Waals surface area contributed by atoms with Gasteiger partial charge in [-0.1, -0.05) is 256 Å². The summed E-state index contributed by atoms with van der Waals surface area (Å²) in [6.45, 7) is 14.9. The van der Waals surface area contributed by atoms with Gasteiger partial charge in [-0.25, -0.2) is 0 Å². The molecular formula is C68H58Si2.